The summed E-state index contributed by atoms with van der Waals surface area (Å²) in [5, 5.41) is 14.9. The molecule has 0 aromatic heterocycles. The summed E-state index contributed by atoms with van der Waals surface area (Å²) in [5.41, 5.74) is 0. The van der Waals surface area contributed by atoms with E-state index in [0.29, 0.717) is 94.8 Å². The van der Waals surface area contributed by atoms with E-state index in [-0.39, 0.29) is 61.5 Å². The third kappa shape index (κ3) is 42.6. The number of nitrogens with one attached hydrogen (secondary N) is 5. The van der Waals surface area contributed by atoms with E-state index in [1.807, 2.05) is 27.7 Å². The minimum absolute atomic E-state index is 0.0408. The van der Waals surface area contributed by atoms with Crippen LogP contribution in [0.15, 0.2) is 0 Å². The molecule has 0 aromatic carbocycles. The molecule has 0 spiro atoms. The molecule has 0 heterocycles. The number of carbonyl (C=O) groups excluding carboxylic acids is 5. The summed E-state index contributed by atoms with van der Waals surface area (Å²) in [4.78, 5) is 61.4. The molecule has 1 atom stereocenters. The van der Waals surface area contributed by atoms with Crippen molar-refractivity contribution in [2.45, 2.75) is 160 Å². The zero-order valence-corrected chi connectivity index (χ0v) is 39.8. The standard InChI is InChI=1S/C44H85N5O9S2/c1-6-7-8-9-10-11-12-13-14-15-16-17-18-21-40(50)46-24-28-56-33-34-57-29-25-47-41(51)22-27-55-31-32-58-30-26-48-44(54)39(49-43(53)36-60-38(4)5)20-19-23-45-42(52)35-59-37(2)3/h37-39H,6-36H2,1-5H3,(H,45,52)(H,46,50)(H,47,51)(H,48,54)(H,49,53)/t39-/m0/s1. The summed E-state index contributed by atoms with van der Waals surface area (Å²) >= 11 is 3.07. The van der Waals surface area contributed by atoms with E-state index in [0.717, 1.165) is 12.8 Å². The molecule has 0 saturated carbocycles. The molecule has 0 rings (SSSR count). The van der Waals surface area contributed by atoms with Gasteiger partial charge in [-0.3, -0.25) is 24.0 Å². The van der Waals surface area contributed by atoms with Crippen LogP contribution in [0.25, 0.3) is 0 Å². The lowest BCUT2D eigenvalue weighted by Crippen LogP contribution is -2.48. The molecule has 16 heteroatoms. The van der Waals surface area contributed by atoms with E-state index in [2.05, 4.69) is 33.5 Å². The number of ether oxygens (including phenoxy) is 4. The second-order valence-corrected chi connectivity index (χ2v) is 18.6. The van der Waals surface area contributed by atoms with Gasteiger partial charge in [0.1, 0.15) is 6.04 Å². The Morgan fingerprint density at radius 1 is 0.433 bits per heavy atom. The Kier molecular flexibility index (Phi) is 42.0. The van der Waals surface area contributed by atoms with Gasteiger partial charge in [0, 0.05) is 39.0 Å². The van der Waals surface area contributed by atoms with Crippen LogP contribution in [0.1, 0.15) is 144 Å². The predicted octanol–water partition coefficient (Wildman–Crippen LogP) is 5.94. The highest BCUT2D eigenvalue weighted by atomic mass is 32.2. The molecule has 5 amide bonds. The molecule has 0 aliphatic heterocycles. The third-order valence-electron chi connectivity index (χ3n) is 9.15. The SMILES string of the molecule is CCCCCCCCCCCCCCCC(=O)NCCOCCOCCNC(=O)CCOCCOCCNC(=O)[C@H](CCCNC(=O)CSC(C)C)NC(=O)CSC(C)C. The first-order valence-corrected chi connectivity index (χ1v) is 25.1. The monoisotopic (exact) mass is 892 g/mol. The van der Waals surface area contributed by atoms with Crippen molar-refractivity contribution in [3.8, 4) is 0 Å². The summed E-state index contributed by atoms with van der Waals surface area (Å²) in [6.45, 7) is 14.7. The van der Waals surface area contributed by atoms with Gasteiger partial charge in [-0.05, 0) is 29.8 Å². The maximum absolute atomic E-state index is 12.9. The van der Waals surface area contributed by atoms with Crippen molar-refractivity contribution in [1.82, 2.24) is 26.6 Å². The number of unbranched alkanes of at least 4 members (excludes halogenated alkanes) is 12. The predicted molar refractivity (Wildman–Crippen MR) is 247 cm³/mol. The van der Waals surface area contributed by atoms with Crippen molar-refractivity contribution < 1.29 is 42.9 Å². The van der Waals surface area contributed by atoms with Gasteiger partial charge < -0.3 is 45.5 Å². The van der Waals surface area contributed by atoms with Crippen molar-refractivity contribution in [2.75, 3.05) is 90.5 Å². The fraction of sp³-hybridized carbons (Fsp3) is 0.886. The van der Waals surface area contributed by atoms with Crippen LogP contribution in [0, 0.1) is 0 Å². The molecular formula is C44H85N5O9S2. The fourth-order valence-corrected chi connectivity index (χ4v) is 6.91. The molecule has 0 fully saturated rings. The van der Waals surface area contributed by atoms with Gasteiger partial charge in [-0.25, -0.2) is 0 Å². The Hall–Kier alpha value is -2.11. The van der Waals surface area contributed by atoms with Crippen LogP contribution < -0.4 is 26.6 Å². The van der Waals surface area contributed by atoms with Crippen LogP contribution in [-0.4, -0.2) is 137 Å². The summed E-state index contributed by atoms with van der Waals surface area (Å²) in [7, 11) is 0. The van der Waals surface area contributed by atoms with Gasteiger partial charge in [0.25, 0.3) is 0 Å². The molecule has 60 heavy (non-hydrogen) atoms. The maximum Gasteiger partial charge on any atom is 0.242 e. The van der Waals surface area contributed by atoms with Gasteiger partial charge in [0.15, 0.2) is 0 Å². The van der Waals surface area contributed by atoms with Crippen LogP contribution in [0.3, 0.4) is 0 Å². The molecule has 0 aliphatic carbocycles. The lowest BCUT2D eigenvalue weighted by Gasteiger charge is -2.19. The lowest BCUT2D eigenvalue weighted by atomic mass is 10.0. The second-order valence-electron chi connectivity index (χ2n) is 15.5. The second kappa shape index (κ2) is 43.5. The van der Waals surface area contributed by atoms with E-state index in [4.69, 9.17) is 18.9 Å². The summed E-state index contributed by atoms with van der Waals surface area (Å²) < 4.78 is 22.1. The average molecular weight is 892 g/mol. The fourth-order valence-electron chi connectivity index (χ4n) is 5.76. The van der Waals surface area contributed by atoms with Crippen molar-refractivity contribution in [3.63, 3.8) is 0 Å². The van der Waals surface area contributed by atoms with Crippen LogP contribution in [0.2, 0.25) is 0 Å². The Morgan fingerprint density at radius 3 is 1.35 bits per heavy atom. The number of hydrogen-bond donors (Lipinski definition) is 5. The zero-order chi connectivity index (χ0) is 44.3. The highest BCUT2D eigenvalue weighted by molar-refractivity contribution is 8.00. The zero-order valence-electron chi connectivity index (χ0n) is 38.1. The number of carbonyl (C=O) groups is 5. The van der Waals surface area contributed by atoms with E-state index in [1.165, 1.54) is 82.4 Å². The van der Waals surface area contributed by atoms with Crippen LogP contribution >= 0.6 is 23.5 Å². The van der Waals surface area contributed by atoms with Crippen LogP contribution in [0.4, 0.5) is 0 Å². The van der Waals surface area contributed by atoms with Gasteiger partial charge in [-0.15, -0.1) is 23.5 Å². The Bertz CT molecular complexity index is 1080. The first-order valence-electron chi connectivity index (χ1n) is 23.0. The lowest BCUT2D eigenvalue weighted by molar-refractivity contribution is -0.128. The minimum Gasteiger partial charge on any atom is -0.379 e. The number of thioether (sulfide) groups is 2. The van der Waals surface area contributed by atoms with E-state index >= 15 is 0 Å². The molecule has 0 saturated heterocycles. The van der Waals surface area contributed by atoms with E-state index < -0.39 is 6.04 Å². The summed E-state index contributed by atoms with van der Waals surface area (Å²) in [5.74, 6) is 0.0716. The summed E-state index contributed by atoms with van der Waals surface area (Å²) in [6, 6.07) is -0.706. The molecule has 5 N–H and O–H groups in total. The Labute approximate surface area is 372 Å². The van der Waals surface area contributed by atoms with Gasteiger partial charge in [-0.2, -0.15) is 0 Å². The largest absolute Gasteiger partial charge is 0.379 e. The average Bonchev–Trinajstić information content (AvgIpc) is 3.21. The molecule has 0 radical (unpaired) electrons. The minimum atomic E-state index is -0.706. The van der Waals surface area contributed by atoms with Crippen molar-refractivity contribution in [3.05, 3.63) is 0 Å². The van der Waals surface area contributed by atoms with Crippen LogP contribution in [-0.2, 0) is 42.9 Å². The first-order chi connectivity index (χ1) is 29.0. The smallest absolute Gasteiger partial charge is 0.242 e. The van der Waals surface area contributed by atoms with Gasteiger partial charge in [-0.1, -0.05) is 112 Å². The molecule has 14 nitrogen and oxygen atoms in total. The molecule has 352 valence electrons. The number of rotatable bonds is 44. The highest BCUT2D eigenvalue weighted by Gasteiger charge is 2.20. The first kappa shape index (κ1) is 57.9. The quantitative estimate of drug-likeness (QED) is 0.0457. The molecule has 0 unspecified atom stereocenters. The maximum atomic E-state index is 12.9. The highest BCUT2D eigenvalue weighted by Crippen LogP contribution is 2.13. The third-order valence-corrected chi connectivity index (χ3v) is 11.3. The molecule has 0 aliphatic rings. The molecular weight excluding hydrogens is 807 g/mol. The van der Waals surface area contributed by atoms with E-state index in [1.54, 1.807) is 11.8 Å². The Morgan fingerprint density at radius 2 is 0.850 bits per heavy atom. The van der Waals surface area contributed by atoms with E-state index in [9.17, 15) is 24.0 Å². The normalized spacial score (nSPS) is 11.8. The van der Waals surface area contributed by atoms with Crippen molar-refractivity contribution in [1.29, 1.82) is 0 Å². The van der Waals surface area contributed by atoms with Crippen molar-refractivity contribution >= 4 is 53.1 Å². The van der Waals surface area contributed by atoms with Crippen molar-refractivity contribution in [2.24, 2.45) is 0 Å². The van der Waals surface area contributed by atoms with Gasteiger partial charge >= 0.3 is 0 Å². The van der Waals surface area contributed by atoms with Crippen LogP contribution in [0.5, 0.6) is 0 Å². The molecule has 0 aromatic rings. The summed E-state index contributed by atoms with van der Waals surface area (Å²) in [6.07, 6.45) is 18.5. The van der Waals surface area contributed by atoms with Gasteiger partial charge in [0.2, 0.25) is 29.5 Å². The Balaban J connectivity index is 3.74. The number of hydrogen-bond acceptors (Lipinski definition) is 11. The van der Waals surface area contributed by atoms with Gasteiger partial charge in [0.05, 0.1) is 64.4 Å². The molecule has 0 bridgehead atoms. The topological polar surface area (TPSA) is 182 Å². The number of amides is 5.